The molecule has 2 fully saturated rings. The number of carbonyl (C=O) groups is 1. The third kappa shape index (κ3) is 3.26. The lowest BCUT2D eigenvalue weighted by molar-refractivity contribution is 0.0455. The fourth-order valence-electron chi connectivity index (χ4n) is 3.56. The zero-order chi connectivity index (χ0) is 14.7. The number of piperazine rings is 1. The van der Waals surface area contributed by atoms with E-state index in [4.69, 9.17) is 5.84 Å². The molecule has 3 N–H and O–H groups in total. The van der Waals surface area contributed by atoms with Crippen LogP contribution < -0.4 is 11.3 Å². The Kier molecular flexibility index (Phi) is 4.53. The zero-order valence-corrected chi connectivity index (χ0v) is 12.4. The first-order chi connectivity index (χ1) is 10.3. The molecule has 0 aliphatic carbocycles. The first kappa shape index (κ1) is 14.5. The van der Waals surface area contributed by atoms with Crippen LogP contribution in [0.1, 0.15) is 35.2 Å². The molecule has 2 heterocycles. The summed E-state index contributed by atoms with van der Waals surface area (Å²) in [6.07, 6.45) is 4.00. The predicted molar refractivity (Wildman–Crippen MR) is 82.6 cm³/mol. The number of hydrazine groups is 1. The molecule has 0 radical (unpaired) electrons. The molecular formula is C16H24N4O. The smallest absolute Gasteiger partial charge is 0.265 e. The van der Waals surface area contributed by atoms with Gasteiger partial charge in [-0.05, 0) is 31.0 Å². The normalized spacial score (nSPS) is 23.6. The SMILES string of the molecule is NNC(=O)c1ccccc1CN1CCN2CCCCC2C1. The minimum atomic E-state index is -0.207. The van der Waals surface area contributed by atoms with Gasteiger partial charge in [-0.25, -0.2) is 5.84 Å². The highest BCUT2D eigenvalue weighted by Gasteiger charge is 2.29. The van der Waals surface area contributed by atoms with Gasteiger partial charge in [0, 0.05) is 37.8 Å². The van der Waals surface area contributed by atoms with Crippen LogP contribution in [0.25, 0.3) is 0 Å². The molecule has 1 aromatic rings. The summed E-state index contributed by atoms with van der Waals surface area (Å²) in [5.41, 5.74) is 3.98. The van der Waals surface area contributed by atoms with E-state index in [1.54, 1.807) is 0 Å². The molecule has 2 aliphatic heterocycles. The molecule has 1 amide bonds. The maximum absolute atomic E-state index is 11.8. The molecule has 1 unspecified atom stereocenters. The molecule has 0 saturated carbocycles. The number of carbonyl (C=O) groups excluding carboxylic acids is 1. The van der Waals surface area contributed by atoms with Crippen LogP contribution in [0.4, 0.5) is 0 Å². The van der Waals surface area contributed by atoms with Crippen LogP contribution in [0.15, 0.2) is 24.3 Å². The first-order valence-corrected chi connectivity index (χ1v) is 7.83. The number of nitrogens with two attached hydrogens (primary N) is 1. The molecule has 3 rings (SSSR count). The number of nitrogens with zero attached hydrogens (tertiary/aromatic N) is 2. The van der Waals surface area contributed by atoms with Crippen molar-refractivity contribution in [3.63, 3.8) is 0 Å². The quantitative estimate of drug-likeness (QED) is 0.494. The van der Waals surface area contributed by atoms with Crippen molar-refractivity contribution in [2.75, 3.05) is 26.2 Å². The summed E-state index contributed by atoms with van der Waals surface area (Å²) in [6, 6.07) is 8.43. The van der Waals surface area contributed by atoms with Crippen LogP contribution in [0.5, 0.6) is 0 Å². The van der Waals surface area contributed by atoms with Gasteiger partial charge >= 0.3 is 0 Å². The van der Waals surface area contributed by atoms with Crippen LogP contribution >= 0.6 is 0 Å². The van der Waals surface area contributed by atoms with Crippen LogP contribution in [0, 0.1) is 0 Å². The van der Waals surface area contributed by atoms with Crippen molar-refractivity contribution < 1.29 is 4.79 Å². The fourth-order valence-corrected chi connectivity index (χ4v) is 3.56. The predicted octanol–water partition coefficient (Wildman–Crippen LogP) is 0.960. The van der Waals surface area contributed by atoms with Gasteiger partial charge in [0.15, 0.2) is 0 Å². The summed E-state index contributed by atoms with van der Waals surface area (Å²) in [5.74, 6) is 5.07. The molecule has 0 aromatic heterocycles. The van der Waals surface area contributed by atoms with Gasteiger partial charge in [-0.2, -0.15) is 0 Å². The first-order valence-electron chi connectivity index (χ1n) is 7.83. The van der Waals surface area contributed by atoms with E-state index in [-0.39, 0.29) is 5.91 Å². The highest BCUT2D eigenvalue weighted by molar-refractivity contribution is 5.95. The summed E-state index contributed by atoms with van der Waals surface area (Å²) >= 11 is 0. The Labute approximate surface area is 126 Å². The van der Waals surface area contributed by atoms with Gasteiger partial charge in [0.2, 0.25) is 0 Å². The number of benzene rings is 1. The summed E-state index contributed by atoms with van der Waals surface area (Å²) in [5, 5.41) is 0. The molecule has 0 bridgehead atoms. The second-order valence-electron chi connectivity index (χ2n) is 6.05. The lowest BCUT2D eigenvalue weighted by Gasteiger charge is -2.44. The third-order valence-electron chi connectivity index (χ3n) is 4.71. The van der Waals surface area contributed by atoms with Gasteiger partial charge < -0.3 is 0 Å². The minimum absolute atomic E-state index is 0.207. The van der Waals surface area contributed by atoms with Crippen molar-refractivity contribution in [2.45, 2.75) is 31.8 Å². The van der Waals surface area contributed by atoms with Crippen LogP contribution in [0.3, 0.4) is 0 Å². The topological polar surface area (TPSA) is 61.6 Å². The van der Waals surface area contributed by atoms with Crippen LogP contribution in [0.2, 0.25) is 0 Å². The summed E-state index contributed by atoms with van der Waals surface area (Å²) in [7, 11) is 0. The number of nitrogen functional groups attached to an aromatic ring is 1. The lowest BCUT2D eigenvalue weighted by atomic mass is 9.98. The van der Waals surface area contributed by atoms with Gasteiger partial charge in [-0.1, -0.05) is 24.6 Å². The van der Waals surface area contributed by atoms with Gasteiger partial charge in [0.25, 0.3) is 5.91 Å². The van der Waals surface area contributed by atoms with Gasteiger partial charge in [0.05, 0.1) is 0 Å². The highest BCUT2D eigenvalue weighted by Crippen LogP contribution is 2.22. The summed E-state index contributed by atoms with van der Waals surface area (Å²) in [6.45, 7) is 5.42. The van der Waals surface area contributed by atoms with E-state index in [1.165, 1.54) is 25.8 Å². The Hall–Kier alpha value is -1.43. The van der Waals surface area contributed by atoms with Crippen molar-refractivity contribution in [1.29, 1.82) is 0 Å². The number of rotatable bonds is 3. The second-order valence-corrected chi connectivity index (χ2v) is 6.05. The Morgan fingerprint density at radius 1 is 1.24 bits per heavy atom. The van der Waals surface area contributed by atoms with E-state index in [1.807, 2.05) is 24.3 Å². The average molecular weight is 288 g/mol. The van der Waals surface area contributed by atoms with E-state index in [0.29, 0.717) is 11.6 Å². The Morgan fingerprint density at radius 2 is 2.10 bits per heavy atom. The molecular weight excluding hydrogens is 264 g/mol. The lowest BCUT2D eigenvalue weighted by Crippen LogP contribution is -2.54. The Balaban J connectivity index is 1.68. The molecule has 1 aromatic carbocycles. The van der Waals surface area contributed by atoms with Crippen molar-refractivity contribution in [2.24, 2.45) is 5.84 Å². The van der Waals surface area contributed by atoms with Gasteiger partial charge in [-0.15, -0.1) is 0 Å². The Morgan fingerprint density at radius 3 is 2.95 bits per heavy atom. The third-order valence-corrected chi connectivity index (χ3v) is 4.71. The fraction of sp³-hybridized carbons (Fsp3) is 0.562. The van der Waals surface area contributed by atoms with E-state index >= 15 is 0 Å². The van der Waals surface area contributed by atoms with Crippen molar-refractivity contribution in [3.8, 4) is 0 Å². The van der Waals surface area contributed by atoms with Crippen LogP contribution in [-0.2, 0) is 6.54 Å². The van der Waals surface area contributed by atoms with Gasteiger partial charge in [-0.3, -0.25) is 20.0 Å². The standard InChI is InChI=1S/C16H24N4O/c17-18-16(21)15-7-2-1-5-13(15)11-19-9-10-20-8-4-3-6-14(20)12-19/h1-2,5,7,14H,3-4,6,8-12,17H2,(H,18,21). The van der Waals surface area contributed by atoms with E-state index < -0.39 is 0 Å². The molecule has 2 saturated heterocycles. The van der Waals surface area contributed by atoms with Crippen molar-refractivity contribution in [1.82, 2.24) is 15.2 Å². The molecule has 114 valence electrons. The molecule has 5 heteroatoms. The molecule has 21 heavy (non-hydrogen) atoms. The second kappa shape index (κ2) is 6.56. The molecule has 0 spiro atoms. The van der Waals surface area contributed by atoms with Crippen LogP contribution in [-0.4, -0.2) is 47.9 Å². The molecule has 2 aliphatic rings. The molecule has 1 atom stereocenters. The number of amides is 1. The van der Waals surface area contributed by atoms with E-state index in [0.717, 1.165) is 31.7 Å². The minimum Gasteiger partial charge on any atom is -0.298 e. The van der Waals surface area contributed by atoms with Crippen molar-refractivity contribution in [3.05, 3.63) is 35.4 Å². The number of hydrogen-bond acceptors (Lipinski definition) is 4. The maximum atomic E-state index is 11.8. The Bertz CT molecular complexity index is 505. The number of nitrogens with one attached hydrogen (secondary N) is 1. The largest absolute Gasteiger partial charge is 0.298 e. The average Bonchev–Trinajstić information content (AvgIpc) is 2.54. The maximum Gasteiger partial charge on any atom is 0.265 e. The van der Waals surface area contributed by atoms with E-state index in [2.05, 4.69) is 15.2 Å². The van der Waals surface area contributed by atoms with Crippen molar-refractivity contribution >= 4 is 5.91 Å². The number of piperidine rings is 1. The summed E-state index contributed by atoms with van der Waals surface area (Å²) in [4.78, 5) is 16.9. The monoisotopic (exact) mass is 288 g/mol. The number of hydrogen-bond donors (Lipinski definition) is 2. The summed E-state index contributed by atoms with van der Waals surface area (Å²) < 4.78 is 0. The number of fused-ring (bicyclic) bond motifs is 1. The zero-order valence-electron chi connectivity index (χ0n) is 12.4. The van der Waals surface area contributed by atoms with Gasteiger partial charge in [0.1, 0.15) is 0 Å². The highest BCUT2D eigenvalue weighted by atomic mass is 16.2. The van der Waals surface area contributed by atoms with E-state index in [9.17, 15) is 4.79 Å². The molecule has 5 nitrogen and oxygen atoms in total.